The fraction of sp³-hybridized carbons (Fsp3) is 0. The SMILES string of the molecule is O=Cc1ccc(-c2ccccc2F)c2ccccc12. The van der Waals surface area contributed by atoms with Gasteiger partial charge in [0.15, 0.2) is 6.29 Å². The summed E-state index contributed by atoms with van der Waals surface area (Å²) in [6, 6.07) is 17.7. The maximum absolute atomic E-state index is 13.9. The Morgan fingerprint density at radius 2 is 1.42 bits per heavy atom. The lowest BCUT2D eigenvalue weighted by atomic mass is 9.95. The van der Waals surface area contributed by atoms with Crippen molar-refractivity contribution in [1.29, 1.82) is 0 Å². The smallest absolute Gasteiger partial charge is 0.150 e. The number of hydrogen-bond donors (Lipinski definition) is 0. The second kappa shape index (κ2) is 4.65. The van der Waals surface area contributed by atoms with Crippen molar-refractivity contribution in [2.75, 3.05) is 0 Å². The van der Waals surface area contributed by atoms with E-state index < -0.39 is 0 Å². The first-order valence-electron chi connectivity index (χ1n) is 6.03. The zero-order valence-electron chi connectivity index (χ0n) is 10.1. The largest absolute Gasteiger partial charge is 0.298 e. The third-order valence-electron chi connectivity index (χ3n) is 3.25. The van der Waals surface area contributed by atoms with Gasteiger partial charge in [-0.05, 0) is 22.4 Å². The molecule has 0 aliphatic heterocycles. The Morgan fingerprint density at radius 3 is 2.16 bits per heavy atom. The van der Waals surface area contributed by atoms with Gasteiger partial charge in [0.25, 0.3) is 0 Å². The highest BCUT2D eigenvalue weighted by atomic mass is 19.1. The highest BCUT2D eigenvalue weighted by Gasteiger charge is 2.09. The molecule has 3 rings (SSSR count). The number of fused-ring (bicyclic) bond motifs is 1. The number of hydrogen-bond acceptors (Lipinski definition) is 1. The van der Waals surface area contributed by atoms with E-state index in [0.717, 1.165) is 22.6 Å². The van der Waals surface area contributed by atoms with E-state index in [2.05, 4.69) is 0 Å². The van der Waals surface area contributed by atoms with Crippen LogP contribution in [0.2, 0.25) is 0 Å². The molecule has 3 aromatic rings. The predicted molar refractivity (Wildman–Crippen MR) is 74.7 cm³/mol. The first-order valence-corrected chi connectivity index (χ1v) is 6.03. The van der Waals surface area contributed by atoms with E-state index in [1.165, 1.54) is 6.07 Å². The number of rotatable bonds is 2. The number of benzene rings is 3. The zero-order valence-corrected chi connectivity index (χ0v) is 10.1. The first-order chi connectivity index (χ1) is 9.31. The van der Waals surface area contributed by atoms with Crippen molar-refractivity contribution < 1.29 is 9.18 Å². The molecule has 0 aliphatic carbocycles. The Morgan fingerprint density at radius 1 is 0.737 bits per heavy atom. The molecule has 0 fully saturated rings. The van der Waals surface area contributed by atoms with E-state index in [1.54, 1.807) is 30.3 Å². The van der Waals surface area contributed by atoms with Crippen LogP contribution in [0.25, 0.3) is 21.9 Å². The van der Waals surface area contributed by atoms with Crippen LogP contribution in [0.3, 0.4) is 0 Å². The molecule has 0 unspecified atom stereocenters. The Balaban J connectivity index is 2.38. The summed E-state index contributed by atoms with van der Waals surface area (Å²) in [7, 11) is 0. The van der Waals surface area contributed by atoms with Gasteiger partial charge in [0, 0.05) is 11.1 Å². The van der Waals surface area contributed by atoms with Crippen molar-refractivity contribution in [3.8, 4) is 11.1 Å². The van der Waals surface area contributed by atoms with Gasteiger partial charge in [-0.2, -0.15) is 0 Å². The second-order valence-electron chi connectivity index (χ2n) is 4.35. The molecule has 0 radical (unpaired) electrons. The minimum absolute atomic E-state index is 0.258. The van der Waals surface area contributed by atoms with Crippen LogP contribution < -0.4 is 0 Å². The predicted octanol–water partition coefficient (Wildman–Crippen LogP) is 4.46. The molecular formula is C17H11FO. The molecule has 19 heavy (non-hydrogen) atoms. The van der Waals surface area contributed by atoms with E-state index in [4.69, 9.17) is 0 Å². The van der Waals surface area contributed by atoms with Crippen LogP contribution in [0.15, 0.2) is 60.7 Å². The monoisotopic (exact) mass is 250 g/mol. The minimum Gasteiger partial charge on any atom is -0.298 e. The number of halogens is 1. The second-order valence-corrected chi connectivity index (χ2v) is 4.35. The quantitative estimate of drug-likeness (QED) is 0.614. The topological polar surface area (TPSA) is 17.1 Å². The van der Waals surface area contributed by atoms with Gasteiger partial charge < -0.3 is 0 Å². The molecule has 92 valence electrons. The summed E-state index contributed by atoms with van der Waals surface area (Å²) in [6.07, 6.45) is 0.827. The van der Waals surface area contributed by atoms with Crippen LogP contribution >= 0.6 is 0 Å². The highest BCUT2D eigenvalue weighted by molar-refractivity contribution is 6.05. The van der Waals surface area contributed by atoms with Crippen LogP contribution in [-0.4, -0.2) is 6.29 Å². The molecule has 0 saturated heterocycles. The van der Waals surface area contributed by atoms with E-state index in [-0.39, 0.29) is 5.82 Å². The molecule has 0 amide bonds. The van der Waals surface area contributed by atoms with Gasteiger partial charge in [-0.1, -0.05) is 54.6 Å². The average molecular weight is 250 g/mol. The Labute approximate surface area is 110 Å². The van der Waals surface area contributed by atoms with Crippen LogP contribution in [0, 0.1) is 5.82 Å². The molecule has 2 heteroatoms. The average Bonchev–Trinajstić information content (AvgIpc) is 2.47. The van der Waals surface area contributed by atoms with E-state index in [9.17, 15) is 9.18 Å². The third kappa shape index (κ3) is 1.91. The molecule has 0 saturated carbocycles. The third-order valence-corrected chi connectivity index (χ3v) is 3.25. The molecule has 3 aromatic carbocycles. The molecule has 0 spiro atoms. The Kier molecular flexibility index (Phi) is 2.84. The molecular weight excluding hydrogens is 239 g/mol. The summed E-state index contributed by atoms with van der Waals surface area (Å²) in [4.78, 5) is 11.1. The normalized spacial score (nSPS) is 10.6. The van der Waals surface area contributed by atoms with Gasteiger partial charge >= 0.3 is 0 Å². The lowest BCUT2D eigenvalue weighted by Gasteiger charge is -2.09. The maximum atomic E-state index is 13.9. The summed E-state index contributed by atoms with van der Waals surface area (Å²) in [6.45, 7) is 0. The molecule has 0 N–H and O–H groups in total. The highest BCUT2D eigenvalue weighted by Crippen LogP contribution is 2.31. The van der Waals surface area contributed by atoms with Gasteiger partial charge in [0.05, 0.1) is 0 Å². The first kappa shape index (κ1) is 11.6. The Bertz CT molecular complexity index is 762. The zero-order chi connectivity index (χ0) is 13.2. The fourth-order valence-corrected chi connectivity index (χ4v) is 2.34. The number of carbonyl (C=O) groups is 1. The number of carbonyl (C=O) groups excluding carboxylic acids is 1. The van der Waals surface area contributed by atoms with Crippen LogP contribution in [-0.2, 0) is 0 Å². The molecule has 0 heterocycles. The molecule has 0 aliphatic rings. The van der Waals surface area contributed by atoms with Crippen molar-refractivity contribution in [1.82, 2.24) is 0 Å². The van der Waals surface area contributed by atoms with Crippen molar-refractivity contribution in [3.63, 3.8) is 0 Å². The van der Waals surface area contributed by atoms with E-state index in [0.29, 0.717) is 11.1 Å². The fourth-order valence-electron chi connectivity index (χ4n) is 2.34. The summed E-state index contributed by atoms with van der Waals surface area (Å²) in [5, 5.41) is 1.73. The van der Waals surface area contributed by atoms with Gasteiger partial charge in [-0.3, -0.25) is 4.79 Å². The minimum atomic E-state index is -0.258. The molecule has 1 nitrogen and oxygen atoms in total. The summed E-state index contributed by atoms with van der Waals surface area (Å²) in [5.74, 6) is -0.258. The number of aldehydes is 1. The van der Waals surface area contributed by atoms with Crippen molar-refractivity contribution in [2.45, 2.75) is 0 Å². The van der Waals surface area contributed by atoms with Crippen molar-refractivity contribution in [2.24, 2.45) is 0 Å². The van der Waals surface area contributed by atoms with Crippen molar-refractivity contribution >= 4 is 17.1 Å². The molecule has 0 aromatic heterocycles. The van der Waals surface area contributed by atoms with Gasteiger partial charge in [-0.25, -0.2) is 4.39 Å². The maximum Gasteiger partial charge on any atom is 0.150 e. The summed E-state index contributed by atoms with van der Waals surface area (Å²) < 4.78 is 13.9. The molecule has 0 bridgehead atoms. The van der Waals surface area contributed by atoms with Crippen LogP contribution in [0.4, 0.5) is 4.39 Å². The molecule has 0 atom stereocenters. The van der Waals surface area contributed by atoms with Crippen molar-refractivity contribution in [3.05, 3.63) is 72.0 Å². The Hall–Kier alpha value is -2.48. The lowest BCUT2D eigenvalue weighted by Crippen LogP contribution is -1.89. The van der Waals surface area contributed by atoms with Crippen LogP contribution in [0.5, 0.6) is 0 Å². The van der Waals surface area contributed by atoms with E-state index >= 15 is 0 Å². The van der Waals surface area contributed by atoms with E-state index in [1.807, 2.05) is 24.3 Å². The van der Waals surface area contributed by atoms with Gasteiger partial charge in [-0.15, -0.1) is 0 Å². The summed E-state index contributed by atoms with van der Waals surface area (Å²) >= 11 is 0. The van der Waals surface area contributed by atoms with Crippen LogP contribution in [0.1, 0.15) is 10.4 Å². The summed E-state index contributed by atoms with van der Waals surface area (Å²) in [5.41, 5.74) is 1.98. The van der Waals surface area contributed by atoms with Gasteiger partial charge in [0.1, 0.15) is 5.82 Å². The van der Waals surface area contributed by atoms with Gasteiger partial charge in [0.2, 0.25) is 0 Å². The standard InChI is InChI=1S/C17H11FO/c18-17-8-4-3-7-16(17)15-10-9-12(11-19)13-5-1-2-6-14(13)15/h1-11H. The lowest BCUT2D eigenvalue weighted by molar-refractivity contribution is 0.112.